The van der Waals surface area contributed by atoms with E-state index in [2.05, 4.69) is 31.0 Å². The number of hydrogen-bond donors (Lipinski definition) is 1. The van der Waals surface area contributed by atoms with Crippen LogP contribution in [0.15, 0.2) is 48.8 Å². The minimum Gasteiger partial charge on any atom is -0.492 e. The van der Waals surface area contributed by atoms with Crippen molar-refractivity contribution in [3.8, 4) is 5.75 Å². The van der Waals surface area contributed by atoms with Gasteiger partial charge in [-0.2, -0.15) is 0 Å². The predicted molar refractivity (Wildman–Crippen MR) is 84.5 cm³/mol. The van der Waals surface area contributed by atoms with E-state index < -0.39 is 6.10 Å². The summed E-state index contributed by atoms with van der Waals surface area (Å²) >= 11 is 0. The van der Waals surface area contributed by atoms with E-state index in [0.29, 0.717) is 18.9 Å². The van der Waals surface area contributed by atoms with Gasteiger partial charge in [-0.15, -0.1) is 0 Å². The lowest BCUT2D eigenvalue weighted by atomic mass is 9.93. The van der Waals surface area contributed by atoms with Crippen LogP contribution in [-0.4, -0.2) is 16.7 Å². The number of aliphatic hydroxyl groups is 1. The van der Waals surface area contributed by atoms with Crippen molar-refractivity contribution in [2.24, 2.45) is 0 Å². The Morgan fingerprint density at radius 1 is 1.14 bits per heavy atom. The molecule has 0 aliphatic rings. The Labute approximate surface area is 126 Å². The summed E-state index contributed by atoms with van der Waals surface area (Å²) in [5.41, 5.74) is 2.05. The lowest BCUT2D eigenvalue weighted by Gasteiger charge is -2.17. The number of nitrogens with zero attached hydrogens (tertiary/aromatic N) is 1. The molecular weight excluding hydrogens is 262 g/mol. The molecule has 0 saturated heterocycles. The molecule has 0 amide bonds. The van der Waals surface area contributed by atoms with Gasteiger partial charge < -0.3 is 9.84 Å². The number of hydrogen-bond acceptors (Lipinski definition) is 3. The highest BCUT2D eigenvalue weighted by atomic mass is 16.5. The van der Waals surface area contributed by atoms with Gasteiger partial charge in [-0.05, 0) is 30.4 Å². The first kappa shape index (κ1) is 15.5. The van der Waals surface area contributed by atoms with Crippen LogP contribution in [0.25, 0.3) is 0 Å². The minimum atomic E-state index is -0.530. The molecule has 112 valence electrons. The molecule has 0 aliphatic carbocycles. The molecule has 0 bridgehead atoms. The molecule has 1 aromatic heterocycles. The van der Waals surface area contributed by atoms with E-state index in [-0.39, 0.29) is 0 Å². The van der Waals surface area contributed by atoms with Crippen LogP contribution < -0.4 is 4.74 Å². The van der Waals surface area contributed by atoms with Gasteiger partial charge in [0, 0.05) is 11.8 Å². The van der Waals surface area contributed by atoms with E-state index in [4.69, 9.17) is 4.74 Å². The van der Waals surface area contributed by atoms with Crippen molar-refractivity contribution in [2.45, 2.75) is 38.7 Å². The quantitative estimate of drug-likeness (QED) is 0.833. The van der Waals surface area contributed by atoms with Gasteiger partial charge in [0.15, 0.2) is 0 Å². The Bertz CT molecular complexity index is 542. The Morgan fingerprint density at radius 3 is 2.62 bits per heavy atom. The highest BCUT2D eigenvalue weighted by molar-refractivity contribution is 5.26. The summed E-state index contributed by atoms with van der Waals surface area (Å²) in [4.78, 5) is 4.15. The fourth-order valence-electron chi connectivity index (χ4n) is 2.31. The topological polar surface area (TPSA) is 42.4 Å². The first-order valence-corrected chi connectivity index (χ1v) is 7.51. The van der Waals surface area contributed by atoms with Crippen molar-refractivity contribution in [2.75, 3.05) is 6.61 Å². The van der Waals surface area contributed by atoms with E-state index in [0.717, 1.165) is 17.7 Å². The highest BCUT2D eigenvalue weighted by Gasteiger charge is 2.15. The van der Waals surface area contributed by atoms with Gasteiger partial charge in [-0.1, -0.05) is 44.2 Å². The molecule has 0 saturated carbocycles. The summed E-state index contributed by atoms with van der Waals surface area (Å²) in [5.74, 6) is 1.02. The fraction of sp³-hybridized carbons (Fsp3) is 0.389. The zero-order valence-corrected chi connectivity index (χ0v) is 12.7. The van der Waals surface area contributed by atoms with Gasteiger partial charge in [0.2, 0.25) is 0 Å². The van der Waals surface area contributed by atoms with Crippen molar-refractivity contribution < 1.29 is 9.84 Å². The minimum absolute atomic E-state index is 0.293. The van der Waals surface area contributed by atoms with E-state index in [9.17, 15) is 5.11 Å². The third-order valence-corrected chi connectivity index (χ3v) is 3.54. The normalized spacial score (nSPS) is 13.7. The Morgan fingerprint density at radius 2 is 1.90 bits per heavy atom. The standard InChI is InChI=1S/C18H23NO2/c1-3-9-21-17-11-16(12-19-13-17)18(20)10-14(2)15-7-5-4-6-8-15/h4-8,11-14,18,20H,3,9-10H2,1-2H3. The average molecular weight is 285 g/mol. The van der Waals surface area contributed by atoms with E-state index in [1.54, 1.807) is 12.4 Å². The maximum Gasteiger partial charge on any atom is 0.137 e. The summed E-state index contributed by atoms with van der Waals surface area (Å²) in [6.45, 7) is 4.86. The van der Waals surface area contributed by atoms with Gasteiger partial charge in [-0.25, -0.2) is 0 Å². The Hall–Kier alpha value is -1.87. The second-order valence-electron chi connectivity index (χ2n) is 5.37. The molecule has 21 heavy (non-hydrogen) atoms. The Balaban J connectivity index is 2.01. The van der Waals surface area contributed by atoms with Gasteiger partial charge in [0.1, 0.15) is 5.75 Å². The highest BCUT2D eigenvalue weighted by Crippen LogP contribution is 2.28. The van der Waals surface area contributed by atoms with E-state index in [1.807, 2.05) is 24.3 Å². The maximum atomic E-state index is 10.4. The van der Waals surface area contributed by atoms with Crippen molar-refractivity contribution in [1.29, 1.82) is 0 Å². The first-order chi connectivity index (χ1) is 10.2. The van der Waals surface area contributed by atoms with Crippen LogP contribution in [0.4, 0.5) is 0 Å². The molecule has 1 heterocycles. The number of pyridine rings is 1. The van der Waals surface area contributed by atoms with E-state index >= 15 is 0 Å². The van der Waals surface area contributed by atoms with Gasteiger partial charge in [0.25, 0.3) is 0 Å². The molecule has 0 spiro atoms. The monoisotopic (exact) mass is 285 g/mol. The van der Waals surface area contributed by atoms with Gasteiger partial charge in [-0.3, -0.25) is 4.98 Å². The lowest BCUT2D eigenvalue weighted by Crippen LogP contribution is -2.05. The van der Waals surface area contributed by atoms with Crippen molar-refractivity contribution in [1.82, 2.24) is 4.98 Å². The molecule has 1 aromatic carbocycles. The smallest absolute Gasteiger partial charge is 0.137 e. The van der Waals surface area contributed by atoms with Crippen molar-refractivity contribution in [3.63, 3.8) is 0 Å². The summed E-state index contributed by atoms with van der Waals surface area (Å²) in [7, 11) is 0. The molecule has 2 unspecified atom stereocenters. The zero-order chi connectivity index (χ0) is 15.1. The summed E-state index contributed by atoms with van der Waals surface area (Å²) in [5, 5.41) is 10.4. The van der Waals surface area contributed by atoms with Crippen LogP contribution in [0, 0.1) is 0 Å². The molecule has 0 radical (unpaired) electrons. The summed E-state index contributed by atoms with van der Waals surface area (Å²) < 4.78 is 5.56. The first-order valence-electron chi connectivity index (χ1n) is 7.51. The third-order valence-electron chi connectivity index (χ3n) is 3.54. The van der Waals surface area contributed by atoms with Gasteiger partial charge >= 0.3 is 0 Å². The molecule has 3 nitrogen and oxygen atoms in total. The van der Waals surface area contributed by atoms with Crippen LogP contribution in [-0.2, 0) is 0 Å². The molecule has 2 aromatic rings. The number of rotatable bonds is 7. The number of benzene rings is 1. The molecule has 2 atom stereocenters. The van der Waals surface area contributed by atoms with Gasteiger partial charge in [0.05, 0.1) is 18.9 Å². The van der Waals surface area contributed by atoms with Crippen LogP contribution >= 0.6 is 0 Å². The second-order valence-corrected chi connectivity index (χ2v) is 5.37. The second kappa shape index (κ2) is 7.79. The largest absolute Gasteiger partial charge is 0.492 e. The van der Waals surface area contributed by atoms with Crippen molar-refractivity contribution >= 4 is 0 Å². The molecular formula is C18H23NO2. The molecule has 2 rings (SSSR count). The number of ether oxygens (including phenoxy) is 1. The van der Waals surface area contributed by atoms with E-state index in [1.165, 1.54) is 5.56 Å². The number of aromatic nitrogens is 1. The SMILES string of the molecule is CCCOc1cncc(C(O)CC(C)c2ccccc2)c1. The average Bonchev–Trinajstić information content (AvgIpc) is 2.54. The lowest BCUT2D eigenvalue weighted by molar-refractivity contribution is 0.158. The molecule has 0 fully saturated rings. The van der Waals surface area contributed by atoms with Crippen molar-refractivity contribution in [3.05, 3.63) is 59.9 Å². The van der Waals surface area contributed by atoms with Crippen LogP contribution in [0.2, 0.25) is 0 Å². The molecule has 3 heteroatoms. The maximum absolute atomic E-state index is 10.4. The van der Waals surface area contributed by atoms with Crippen LogP contribution in [0.5, 0.6) is 5.75 Å². The van der Waals surface area contributed by atoms with Crippen LogP contribution in [0.1, 0.15) is 49.8 Å². The molecule has 0 aliphatic heterocycles. The Kier molecular flexibility index (Phi) is 5.76. The fourth-order valence-corrected chi connectivity index (χ4v) is 2.31. The zero-order valence-electron chi connectivity index (χ0n) is 12.7. The summed E-state index contributed by atoms with van der Waals surface area (Å²) in [6, 6.07) is 12.1. The third kappa shape index (κ3) is 4.57. The van der Waals surface area contributed by atoms with Crippen LogP contribution in [0.3, 0.4) is 0 Å². The molecule has 1 N–H and O–H groups in total. The predicted octanol–water partition coefficient (Wildman–Crippen LogP) is 4.10. The number of aliphatic hydroxyl groups excluding tert-OH is 1. The summed E-state index contributed by atoms with van der Waals surface area (Å²) in [6.07, 6.45) is 4.49.